The Hall–Kier alpha value is -1.43. The third-order valence-corrected chi connectivity index (χ3v) is 1.98. The molecule has 0 aromatic heterocycles. The van der Waals surface area contributed by atoms with Crippen LogP contribution in [0.1, 0.15) is 5.56 Å². The van der Waals surface area contributed by atoms with Crippen molar-refractivity contribution in [2.75, 3.05) is 12.4 Å². The summed E-state index contributed by atoms with van der Waals surface area (Å²) in [7, 11) is 1.37. The molecule has 0 radical (unpaired) electrons. The summed E-state index contributed by atoms with van der Waals surface area (Å²) in [4.78, 5) is 0. The third kappa shape index (κ3) is 2.33. The van der Waals surface area contributed by atoms with Gasteiger partial charge in [-0.15, -0.1) is 0 Å². The molecule has 0 aliphatic heterocycles. The van der Waals surface area contributed by atoms with E-state index in [0.29, 0.717) is 0 Å². The van der Waals surface area contributed by atoms with Crippen molar-refractivity contribution in [1.29, 1.82) is 0 Å². The van der Waals surface area contributed by atoms with Gasteiger partial charge in [-0.05, 0) is 19.1 Å². The van der Waals surface area contributed by atoms with Crippen molar-refractivity contribution in [2.24, 2.45) is 5.73 Å². The second-order valence-corrected chi connectivity index (χ2v) is 3.31. The van der Waals surface area contributed by atoms with Crippen LogP contribution in [0, 0.1) is 18.6 Å². The van der Waals surface area contributed by atoms with Crippen LogP contribution in [0.15, 0.2) is 6.07 Å². The molecule has 1 aromatic carbocycles. The molecule has 0 fully saturated rings. The van der Waals surface area contributed by atoms with Crippen molar-refractivity contribution in [3.63, 3.8) is 0 Å². The Balaban J connectivity index is 3.28. The Morgan fingerprint density at radius 3 is 2.53 bits per heavy atom. The monoisotopic (exact) mass is 232 g/mol. The molecular formula is C9H10F2N2OS. The molecule has 0 saturated heterocycles. The molecule has 0 saturated carbocycles. The van der Waals surface area contributed by atoms with Crippen LogP contribution in [-0.4, -0.2) is 12.2 Å². The maximum absolute atomic E-state index is 13.3. The topological polar surface area (TPSA) is 47.3 Å². The molecule has 6 heteroatoms. The van der Waals surface area contributed by atoms with Crippen LogP contribution in [0.5, 0.6) is 5.75 Å². The maximum atomic E-state index is 13.3. The van der Waals surface area contributed by atoms with Gasteiger partial charge >= 0.3 is 0 Å². The van der Waals surface area contributed by atoms with Gasteiger partial charge in [0.2, 0.25) is 0 Å². The molecule has 0 aliphatic rings. The normalized spacial score (nSPS) is 9.87. The van der Waals surface area contributed by atoms with E-state index in [1.807, 2.05) is 0 Å². The van der Waals surface area contributed by atoms with Crippen molar-refractivity contribution in [1.82, 2.24) is 0 Å². The van der Waals surface area contributed by atoms with Crippen LogP contribution < -0.4 is 15.8 Å². The molecule has 0 aliphatic carbocycles. The third-order valence-electron chi connectivity index (χ3n) is 1.88. The SMILES string of the molecule is COc1cc(NC(N)=S)c(F)c(F)c1C. The maximum Gasteiger partial charge on any atom is 0.182 e. The minimum absolute atomic E-state index is 0.100. The van der Waals surface area contributed by atoms with E-state index >= 15 is 0 Å². The first-order chi connectivity index (χ1) is 6.97. The molecule has 3 N–H and O–H groups in total. The number of nitrogens with two attached hydrogens (primary N) is 1. The van der Waals surface area contributed by atoms with E-state index < -0.39 is 11.6 Å². The first-order valence-corrected chi connectivity index (χ1v) is 4.47. The smallest absolute Gasteiger partial charge is 0.182 e. The molecule has 15 heavy (non-hydrogen) atoms. The van der Waals surface area contributed by atoms with Crippen LogP contribution in [0.25, 0.3) is 0 Å². The predicted octanol–water partition coefficient (Wildman–Crippen LogP) is 1.94. The highest BCUT2D eigenvalue weighted by molar-refractivity contribution is 7.80. The minimum atomic E-state index is -1.03. The number of nitrogens with one attached hydrogen (secondary N) is 1. The lowest BCUT2D eigenvalue weighted by atomic mass is 10.2. The van der Waals surface area contributed by atoms with Gasteiger partial charge in [0.1, 0.15) is 5.75 Å². The van der Waals surface area contributed by atoms with E-state index in [-0.39, 0.29) is 22.1 Å². The van der Waals surface area contributed by atoms with Gasteiger partial charge in [-0.3, -0.25) is 0 Å². The number of anilines is 1. The Kier molecular flexibility index (Phi) is 3.41. The highest BCUT2D eigenvalue weighted by Crippen LogP contribution is 2.29. The van der Waals surface area contributed by atoms with Gasteiger partial charge in [0, 0.05) is 11.6 Å². The quantitative estimate of drug-likeness (QED) is 0.765. The highest BCUT2D eigenvalue weighted by Gasteiger charge is 2.16. The standard InChI is InChI=1S/C9H10F2N2OS/c1-4-6(14-2)3-5(13-9(12)15)8(11)7(4)10/h3H,1-2H3,(H3,12,13,15). The molecule has 1 aromatic rings. The van der Waals surface area contributed by atoms with Crippen LogP contribution >= 0.6 is 12.2 Å². The molecule has 0 atom stereocenters. The fourth-order valence-electron chi connectivity index (χ4n) is 1.13. The summed E-state index contributed by atoms with van der Waals surface area (Å²) in [6.45, 7) is 1.42. The van der Waals surface area contributed by atoms with Gasteiger partial charge in [0.05, 0.1) is 12.8 Å². The highest BCUT2D eigenvalue weighted by atomic mass is 32.1. The Morgan fingerprint density at radius 2 is 2.07 bits per heavy atom. The number of thiocarbonyl (C=S) groups is 1. The van der Waals surface area contributed by atoms with E-state index in [2.05, 4.69) is 17.5 Å². The van der Waals surface area contributed by atoms with Gasteiger partial charge in [0.25, 0.3) is 0 Å². The fraction of sp³-hybridized carbons (Fsp3) is 0.222. The first-order valence-electron chi connectivity index (χ1n) is 4.06. The van der Waals surface area contributed by atoms with Crippen molar-refractivity contribution in [3.8, 4) is 5.75 Å². The van der Waals surface area contributed by atoms with E-state index in [1.54, 1.807) is 0 Å². The Labute approximate surface area is 91.2 Å². The number of hydrogen-bond acceptors (Lipinski definition) is 2. The lowest BCUT2D eigenvalue weighted by Crippen LogP contribution is -2.20. The second-order valence-electron chi connectivity index (χ2n) is 2.87. The summed E-state index contributed by atoms with van der Waals surface area (Å²) in [5.41, 5.74) is 5.13. The number of halogens is 2. The zero-order valence-corrected chi connectivity index (χ0v) is 9.04. The molecule has 0 amide bonds. The predicted molar refractivity (Wildman–Crippen MR) is 58.1 cm³/mol. The lowest BCUT2D eigenvalue weighted by molar-refractivity contribution is 0.402. The molecule has 0 unspecified atom stereocenters. The van der Waals surface area contributed by atoms with E-state index in [4.69, 9.17) is 10.5 Å². The van der Waals surface area contributed by atoms with Crippen LogP contribution in [0.2, 0.25) is 0 Å². The second kappa shape index (κ2) is 4.39. The lowest BCUT2D eigenvalue weighted by Gasteiger charge is -2.11. The molecule has 0 bridgehead atoms. The molecular weight excluding hydrogens is 222 g/mol. The van der Waals surface area contributed by atoms with E-state index in [0.717, 1.165) is 0 Å². The summed E-state index contributed by atoms with van der Waals surface area (Å²) >= 11 is 4.53. The van der Waals surface area contributed by atoms with Crippen molar-refractivity contribution >= 4 is 23.0 Å². The summed E-state index contributed by atoms with van der Waals surface area (Å²) in [6, 6.07) is 1.30. The van der Waals surface area contributed by atoms with Crippen molar-refractivity contribution in [3.05, 3.63) is 23.3 Å². The van der Waals surface area contributed by atoms with Gasteiger partial charge < -0.3 is 15.8 Å². The van der Waals surface area contributed by atoms with E-state index in [1.165, 1.54) is 20.1 Å². The average molecular weight is 232 g/mol. The molecule has 3 nitrogen and oxygen atoms in total. The summed E-state index contributed by atoms with van der Waals surface area (Å²) < 4.78 is 31.5. The summed E-state index contributed by atoms with van der Waals surface area (Å²) in [5, 5.41) is 2.19. The number of benzene rings is 1. The van der Waals surface area contributed by atoms with Crippen LogP contribution in [-0.2, 0) is 0 Å². The van der Waals surface area contributed by atoms with Gasteiger partial charge in [0.15, 0.2) is 16.7 Å². The Bertz CT molecular complexity index is 410. The Morgan fingerprint density at radius 1 is 1.47 bits per heavy atom. The number of methoxy groups -OCH3 is 1. The minimum Gasteiger partial charge on any atom is -0.496 e. The molecule has 0 spiro atoms. The first kappa shape index (κ1) is 11.6. The number of rotatable bonds is 2. The average Bonchev–Trinajstić information content (AvgIpc) is 2.18. The fourth-order valence-corrected chi connectivity index (χ4v) is 1.24. The zero-order valence-electron chi connectivity index (χ0n) is 8.23. The zero-order chi connectivity index (χ0) is 11.6. The van der Waals surface area contributed by atoms with Gasteiger partial charge in [-0.2, -0.15) is 0 Å². The van der Waals surface area contributed by atoms with Crippen molar-refractivity contribution < 1.29 is 13.5 Å². The number of ether oxygens (including phenoxy) is 1. The summed E-state index contributed by atoms with van der Waals surface area (Å²) in [5.74, 6) is -1.78. The van der Waals surface area contributed by atoms with Crippen LogP contribution in [0.3, 0.4) is 0 Å². The summed E-state index contributed by atoms with van der Waals surface area (Å²) in [6.07, 6.45) is 0. The molecule has 1 rings (SSSR count). The molecule has 0 heterocycles. The molecule has 82 valence electrons. The van der Waals surface area contributed by atoms with Gasteiger partial charge in [-0.1, -0.05) is 0 Å². The van der Waals surface area contributed by atoms with Gasteiger partial charge in [-0.25, -0.2) is 8.78 Å². The van der Waals surface area contributed by atoms with Crippen LogP contribution in [0.4, 0.5) is 14.5 Å². The van der Waals surface area contributed by atoms with E-state index in [9.17, 15) is 8.78 Å². The van der Waals surface area contributed by atoms with Crippen molar-refractivity contribution in [2.45, 2.75) is 6.92 Å². The largest absolute Gasteiger partial charge is 0.496 e. The number of hydrogen-bond donors (Lipinski definition) is 2.